The van der Waals surface area contributed by atoms with Crippen molar-refractivity contribution in [3.8, 4) is 0 Å². The Bertz CT molecular complexity index is 454. The summed E-state index contributed by atoms with van der Waals surface area (Å²) in [6, 6.07) is 6.50. The summed E-state index contributed by atoms with van der Waals surface area (Å²) in [6.07, 6.45) is 1.27. The van der Waals surface area contributed by atoms with Crippen LogP contribution in [0.25, 0.3) is 0 Å². The number of carboxylic acids is 1. The van der Waals surface area contributed by atoms with Gasteiger partial charge in [-0.2, -0.15) is 0 Å². The van der Waals surface area contributed by atoms with Crippen molar-refractivity contribution in [2.24, 2.45) is 5.92 Å². The van der Waals surface area contributed by atoms with E-state index in [0.29, 0.717) is 17.9 Å². The van der Waals surface area contributed by atoms with E-state index in [-0.39, 0.29) is 5.91 Å². The summed E-state index contributed by atoms with van der Waals surface area (Å²) in [5.74, 6) is -0.824. The molecule has 0 fully saturated rings. The van der Waals surface area contributed by atoms with Crippen LogP contribution in [0.3, 0.4) is 0 Å². The average molecular weight is 263 g/mol. The molecule has 1 amide bonds. The van der Waals surface area contributed by atoms with Gasteiger partial charge in [0.1, 0.15) is 6.04 Å². The molecular formula is C15H21NO3. The predicted molar refractivity (Wildman–Crippen MR) is 74.2 cm³/mol. The van der Waals surface area contributed by atoms with Gasteiger partial charge in [-0.3, -0.25) is 4.79 Å². The van der Waals surface area contributed by atoms with Crippen molar-refractivity contribution < 1.29 is 14.7 Å². The summed E-state index contributed by atoms with van der Waals surface area (Å²) in [5, 5.41) is 11.5. The van der Waals surface area contributed by atoms with Gasteiger partial charge in [0.15, 0.2) is 0 Å². The zero-order valence-electron chi connectivity index (χ0n) is 11.6. The van der Waals surface area contributed by atoms with E-state index in [1.54, 1.807) is 13.0 Å². The number of carbonyl (C=O) groups is 2. The van der Waals surface area contributed by atoms with Gasteiger partial charge in [0, 0.05) is 5.56 Å². The molecule has 4 heteroatoms. The van der Waals surface area contributed by atoms with Gasteiger partial charge >= 0.3 is 5.97 Å². The maximum Gasteiger partial charge on any atom is 0.326 e. The highest BCUT2D eigenvalue weighted by molar-refractivity contribution is 5.96. The molecule has 0 spiro atoms. The number of nitrogens with one attached hydrogen (secondary N) is 1. The van der Waals surface area contributed by atoms with Gasteiger partial charge in [0.2, 0.25) is 0 Å². The second-order valence-corrected chi connectivity index (χ2v) is 5.07. The first-order valence-electron chi connectivity index (χ1n) is 6.56. The van der Waals surface area contributed by atoms with Gasteiger partial charge in [0.05, 0.1) is 0 Å². The number of hydrogen-bond donors (Lipinski definition) is 2. The Morgan fingerprint density at radius 1 is 1.32 bits per heavy atom. The zero-order chi connectivity index (χ0) is 14.4. The molecule has 0 unspecified atom stereocenters. The summed E-state index contributed by atoms with van der Waals surface area (Å²) < 4.78 is 0. The maximum absolute atomic E-state index is 12.0. The first-order valence-corrected chi connectivity index (χ1v) is 6.56. The molecular weight excluding hydrogens is 242 g/mol. The van der Waals surface area contributed by atoms with E-state index in [4.69, 9.17) is 5.11 Å². The summed E-state index contributed by atoms with van der Waals surface area (Å²) in [4.78, 5) is 22.9. The molecule has 0 aliphatic rings. The van der Waals surface area contributed by atoms with E-state index in [2.05, 4.69) is 19.2 Å². The van der Waals surface area contributed by atoms with Crippen molar-refractivity contribution in [1.29, 1.82) is 0 Å². The van der Waals surface area contributed by atoms with E-state index in [0.717, 1.165) is 12.0 Å². The van der Waals surface area contributed by atoms with Crippen molar-refractivity contribution in [3.05, 3.63) is 35.4 Å². The number of carbonyl (C=O) groups excluding carboxylic acids is 1. The molecule has 0 heterocycles. The Kier molecular flexibility index (Phi) is 5.55. The molecule has 0 saturated carbocycles. The van der Waals surface area contributed by atoms with Crippen LogP contribution in [0.4, 0.5) is 0 Å². The van der Waals surface area contributed by atoms with Gasteiger partial charge in [-0.05, 0) is 36.5 Å². The third-order valence-corrected chi connectivity index (χ3v) is 2.84. The summed E-state index contributed by atoms with van der Waals surface area (Å²) in [5.41, 5.74) is 1.60. The number of rotatable bonds is 6. The van der Waals surface area contributed by atoms with Crippen LogP contribution in [-0.2, 0) is 11.2 Å². The molecule has 0 saturated heterocycles. The van der Waals surface area contributed by atoms with Crippen LogP contribution in [0, 0.1) is 5.92 Å². The van der Waals surface area contributed by atoms with Crippen LogP contribution in [0.15, 0.2) is 24.3 Å². The quantitative estimate of drug-likeness (QED) is 0.828. The first kappa shape index (κ1) is 15.2. The van der Waals surface area contributed by atoms with Gasteiger partial charge in [0.25, 0.3) is 5.91 Å². The highest BCUT2D eigenvalue weighted by Crippen LogP contribution is 2.11. The summed E-state index contributed by atoms with van der Waals surface area (Å²) >= 11 is 0. The Hall–Kier alpha value is -1.84. The molecule has 0 aromatic heterocycles. The number of aliphatic carboxylic acids is 1. The second-order valence-electron chi connectivity index (χ2n) is 5.07. The average Bonchev–Trinajstić information content (AvgIpc) is 2.34. The third-order valence-electron chi connectivity index (χ3n) is 2.84. The Morgan fingerprint density at radius 2 is 2.00 bits per heavy atom. The summed E-state index contributed by atoms with van der Waals surface area (Å²) in [7, 11) is 0. The fourth-order valence-corrected chi connectivity index (χ4v) is 1.89. The largest absolute Gasteiger partial charge is 0.480 e. The lowest BCUT2D eigenvalue weighted by Gasteiger charge is -2.13. The monoisotopic (exact) mass is 263 g/mol. The Morgan fingerprint density at radius 3 is 2.53 bits per heavy atom. The molecule has 0 radical (unpaired) electrons. The van der Waals surface area contributed by atoms with Crippen molar-refractivity contribution in [2.45, 2.75) is 39.7 Å². The van der Waals surface area contributed by atoms with Gasteiger partial charge in [-0.25, -0.2) is 4.79 Å². The standard InChI is InChI=1S/C15H21NO3/c1-4-13(15(18)19)16-14(17)12-7-5-6-11(9-12)8-10(2)3/h5-7,9-10,13H,4,8H2,1-3H3,(H,16,17)(H,18,19)/t13-/m0/s1. The van der Waals surface area contributed by atoms with E-state index < -0.39 is 12.0 Å². The highest BCUT2D eigenvalue weighted by atomic mass is 16.4. The van der Waals surface area contributed by atoms with E-state index in [1.807, 2.05) is 18.2 Å². The van der Waals surface area contributed by atoms with E-state index in [9.17, 15) is 9.59 Å². The topological polar surface area (TPSA) is 66.4 Å². The van der Waals surface area contributed by atoms with Crippen LogP contribution >= 0.6 is 0 Å². The first-order chi connectivity index (χ1) is 8.93. The molecule has 1 aromatic carbocycles. The zero-order valence-corrected chi connectivity index (χ0v) is 11.6. The van der Waals surface area contributed by atoms with Crippen molar-refractivity contribution in [1.82, 2.24) is 5.32 Å². The predicted octanol–water partition coefficient (Wildman–Crippen LogP) is 2.48. The molecule has 0 bridgehead atoms. The van der Waals surface area contributed by atoms with Crippen LogP contribution in [0.5, 0.6) is 0 Å². The molecule has 4 nitrogen and oxygen atoms in total. The van der Waals surface area contributed by atoms with Crippen molar-refractivity contribution in [3.63, 3.8) is 0 Å². The van der Waals surface area contributed by atoms with E-state index in [1.165, 1.54) is 0 Å². The molecule has 1 atom stereocenters. The maximum atomic E-state index is 12.0. The minimum Gasteiger partial charge on any atom is -0.480 e. The molecule has 0 aliphatic carbocycles. The van der Waals surface area contributed by atoms with Crippen LogP contribution in [0.2, 0.25) is 0 Å². The van der Waals surface area contributed by atoms with Gasteiger partial charge in [-0.15, -0.1) is 0 Å². The second kappa shape index (κ2) is 6.92. The van der Waals surface area contributed by atoms with Crippen LogP contribution in [-0.4, -0.2) is 23.0 Å². The highest BCUT2D eigenvalue weighted by Gasteiger charge is 2.18. The normalized spacial score (nSPS) is 12.2. The summed E-state index contributed by atoms with van der Waals surface area (Å²) in [6.45, 7) is 5.96. The number of hydrogen-bond acceptors (Lipinski definition) is 2. The number of benzene rings is 1. The molecule has 1 aromatic rings. The fourth-order valence-electron chi connectivity index (χ4n) is 1.89. The lowest BCUT2D eigenvalue weighted by Crippen LogP contribution is -2.40. The fraction of sp³-hybridized carbons (Fsp3) is 0.467. The minimum atomic E-state index is -1.01. The number of carboxylic acid groups (broad SMARTS) is 1. The van der Waals surface area contributed by atoms with Crippen molar-refractivity contribution >= 4 is 11.9 Å². The Balaban J connectivity index is 2.79. The Labute approximate surface area is 113 Å². The van der Waals surface area contributed by atoms with Gasteiger partial charge in [-0.1, -0.05) is 32.9 Å². The van der Waals surface area contributed by atoms with Crippen LogP contribution in [0.1, 0.15) is 43.1 Å². The lowest BCUT2D eigenvalue weighted by molar-refractivity contribution is -0.139. The minimum absolute atomic E-state index is 0.333. The molecule has 1 rings (SSSR count). The smallest absolute Gasteiger partial charge is 0.326 e. The molecule has 0 aliphatic heterocycles. The molecule has 19 heavy (non-hydrogen) atoms. The number of amides is 1. The molecule has 104 valence electrons. The molecule has 2 N–H and O–H groups in total. The van der Waals surface area contributed by atoms with E-state index >= 15 is 0 Å². The van der Waals surface area contributed by atoms with Gasteiger partial charge < -0.3 is 10.4 Å². The van der Waals surface area contributed by atoms with Crippen LogP contribution < -0.4 is 5.32 Å². The van der Waals surface area contributed by atoms with Crippen molar-refractivity contribution in [2.75, 3.05) is 0 Å². The third kappa shape index (κ3) is 4.73. The lowest BCUT2D eigenvalue weighted by atomic mass is 10.0. The SMILES string of the molecule is CC[C@H](NC(=O)c1cccc(CC(C)C)c1)C(=O)O.